The van der Waals surface area contributed by atoms with E-state index in [0.29, 0.717) is 10.7 Å². The van der Waals surface area contributed by atoms with Gasteiger partial charge in [-0.05, 0) is 50.1 Å². The predicted molar refractivity (Wildman–Crippen MR) is 71.9 cm³/mol. The lowest BCUT2D eigenvalue weighted by atomic mass is 10.4. The Balaban J connectivity index is 2.15. The van der Waals surface area contributed by atoms with Gasteiger partial charge in [-0.2, -0.15) is 0 Å². The molecule has 2 aromatic heterocycles. The van der Waals surface area contributed by atoms with Crippen molar-refractivity contribution in [3.8, 4) is 0 Å². The lowest BCUT2D eigenvalue weighted by Crippen LogP contribution is -2.10. The van der Waals surface area contributed by atoms with Gasteiger partial charge in [-0.1, -0.05) is 6.07 Å². The number of nitrogens with one attached hydrogen (secondary N) is 1. The quantitative estimate of drug-likeness (QED) is 0.880. The van der Waals surface area contributed by atoms with Gasteiger partial charge < -0.3 is 5.32 Å². The number of anilines is 1. The highest BCUT2D eigenvalue weighted by molar-refractivity contribution is 9.13. The average Bonchev–Trinajstić information content (AvgIpc) is 2.61. The highest BCUT2D eigenvalue weighted by Crippen LogP contribution is 2.32. The molecule has 6 heteroatoms. The van der Waals surface area contributed by atoms with E-state index in [2.05, 4.69) is 42.2 Å². The van der Waals surface area contributed by atoms with E-state index < -0.39 is 0 Å². The van der Waals surface area contributed by atoms with Crippen LogP contribution in [-0.4, -0.2) is 10.9 Å². The fourth-order valence-electron chi connectivity index (χ4n) is 1.07. The van der Waals surface area contributed by atoms with E-state index >= 15 is 0 Å². The van der Waals surface area contributed by atoms with Gasteiger partial charge in [0.2, 0.25) is 0 Å². The molecule has 0 unspecified atom stereocenters. The van der Waals surface area contributed by atoms with Crippen LogP contribution in [0.2, 0.25) is 0 Å². The van der Waals surface area contributed by atoms with Gasteiger partial charge >= 0.3 is 0 Å². The molecule has 0 bridgehead atoms. The van der Waals surface area contributed by atoms with Gasteiger partial charge in [0.1, 0.15) is 5.82 Å². The summed E-state index contributed by atoms with van der Waals surface area (Å²) in [6.45, 7) is 0. The third kappa shape index (κ3) is 2.69. The van der Waals surface area contributed by atoms with Gasteiger partial charge in [-0.25, -0.2) is 4.98 Å². The van der Waals surface area contributed by atoms with Crippen LogP contribution in [0, 0.1) is 0 Å². The van der Waals surface area contributed by atoms with Crippen molar-refractivity contribution in [1.29, 1.82) is 0 Å². The van der Waals surface area contributed by atoms with Gasteiger partial charge in [0.15, 0.2) is 0 Å². The van der Waals surface area contributed by atoms with E-state index in [-0.39, 0.29) is 5.91 Å². The molecule has 3 nitrogen and oxygen atoms in total. The van der Waals surface area contributed by atoms with Crippen molar-refractivity contribution in [2.24, 2.45) is 0 Å². The predicted octanol–water partition coefficient (Wildman–Crippen LogP) is 3.92. The zero-order valence-corrected chi connectivity index (χ0v) is 11.9. The first kappa shape index (κ1) is 11.8. The summed E-state index contributed by atoms with van der Waals surface area (Å²) in [5.41, 5.74) is 0. The Kier molecular flexibility index (Phi) is 3.73. The van der Waals surface area contributed by atoms with Crippen LogP contribution in [0.5, 0.6) is 0 Å². The summed E-state index contributed by atoms with van der Waals surface area (Å²) in [7, 11) is 0. The van der Waals surface area contributed by atoms with Crippen LogP contribution in [0.4, 0.5) is 5.82 Å². The second kappa shape index (κ2) is 5.07. The van der Waals surface area contributed by atoms with Crippen molar-refractivity contribution in [3.63, 3.8) is 0 Å². The van der Waals surface area contributed by atoms with E-state index in [4.69, 9.17) is 0 Å². The van der Waals surface area contributed by atoms with Gasteiger partial charge in [0.25, 0.3) is 5.91 Å². The maximum Gasteiger partial charge on any atom is 0.266 e. The molecule has 0 fully saturated rings. The molecule has 0 saturated heterocycles. The van der Waals surface area contributed by atoms with Crippen molar-refractivity contribution in [2.75, 3.05) is 5.32 Å². The first-order valence-electron chi connectivity index (χ1n) is 4.34. The summed E-state index contributed by atoms with van der Waals surface area (Å²) in [6.07, 6.45) is 1.63. The summed E-state index contributed by atoms with van der Waals surface area (Å²) < 4.78 is 1.78. The fourth-order valence-corrected chi connectivity index (χ4v) is 3.00. The molecule has 82 valence electrons. The summed E-state index contributed by atoms with van der Waals surface area (Å²) in [6, 6.07) is 7.14. The molecule has 2 rings (SSSR count). The van der Waals surface area contributed by atoms with Crippen LogP contribution in [0.25, 0.3) is 0 Å². The van der Waals surface area contributed by atoms with E-state index in [9.17, 15) is 4.79 Å². The molecular weight excluding hydrogens is 356 g/mol. The lowest BCUT2D eigenvalue weighted by Gasteiger charge is -2.00. The molecule has 16 heavy (non-hydrogen) atoms. The van der Waals surface area contributed by atoms with Crippen LogP contribution >= 0.6 is 43.2 Å². The molecule has 0 saturated carbocycles. The van der Waals surface area contributed by atoms with Gasteiger partial charge in [-0.3, -0.25) is 4.79 Å². The standard InChI is InChI=1S/C10H6Br2N2OS/c11-6-5-7(16-9(6)12)10(15)14-8-3-1-2-4-13-8/h1-5H,(H,13,14,15). The summed E-state index contributed by atoms with van der Waals surface area (Å²) >= 11 is 8.06. The summed E-state index contributed by atoms with van der Waals surface area (Å²) in [4.78, 5) is 16.4. The minimum atomic E-state index is -0.157. The minimum Gasteiger partial charge on any atom is -0.306 e. The van der Waals surface area contributed by atoms with Gasteiger partial charge in [0.05, 0.1) is 8.66 Å². The van der Waals surface area contributed by atoms with Crippen LogP contribution in [0.3, 0.4) is 0 Å². The Bertz CT molecular complexity index is 493. The SMILES string of the molecule is O=C(Nc1ccccn1)c1cc(Br)c(Br)s1. The molecule has 0 spiro atoms. The number of carbonyl (C=O) groups excluding carboxylic acids is 1. The third-order valence-electron chi connectivity index (χ3n) is 1.78. The zero-order valence-electron chi connectivity index (χ0n) is 7.91. The average molecular weight is 362 g/mol. The Morgan fingerprint density at radius 1 is 1.38 bits per heavy atom. The molecule has 2 aromatic rings. The lowest BCUT2D eigenvalue weighted by molar-refractivity contribution is 0.103. The Hall–Kier alpha value is -0.720. The minimum absolute atomic E-state index is 0.157. The molecule has 2 heterocycles. The van der Waals surface area contributed by atoms with Crippen LogP contribution in [0.1, 0.15) is 9.67 Å². The third-order valence-corrected chi connectivity index (χ3v) is 5.03. The maximum absolute atomic E-state index is 11.8. The fraction of sp³-hybridized carbons (Fsp3) is 0. The van der Waals surface area contributed by atoms with Gasteiger partial charge in [0, 0.05) is 10.7 Å². The van der Waals surface area contributed by atoms with Gasteiger partial charge in [-0.15, -0.1) is 11.3 Å². The molecule has 0 radical (unpaired) electrons. The molecule has 0 aromatic carbocycles. The monoisotopic (exact) mass is 360 g/mol. The molecule has 0 atom stereocenters. The molecular formula is C10H6Br2N2OS. The number of carbonyl (C=O) groups is 1. The first-order chi connectivity index (χ1) is 7.66. The van der Waals surface area contributed by atoms with Crippen molar-refractivity contribution in [1.82, 2.24) is 4.98 Å². The van der Waals surface area contributed by atoms with Crippen molar-refractivity contribution in [2.45, 2.75) is 0 Å². The number of amides is 1. The Morgan fingerprint density at radius 2 is 2.19 bits per heavy atom. The number of nitrogens with zero attached hydrogens (tertiary/aromatic N) is 1. The highest BCUT2D eigenvalue weighted by Gasteiger charge is 2.12. The van der Waals surface area contributed by atoms with Crippen LogP contribution in [-0.2, 0) is 0 Å². The van der Waals surface area contributed by atoms with E-state index in [1.807, 2.05) is 6.07 Å². The number of pyridine rings is 1. The molecule has 0 aliphatic heterocycles. The second-order valence-electron chi connectivity index (χ2n) is 2.90. The maximum atomic E-state index is 11.8. The molecule has 1 amide bonds. The van der Waals surface area contributed by atoms with E-state index in [1.54, 1.807) is 24.4 Å². The van der Waals surface area contributed by atoms with E-state index in [0.717, 1.165) is 8.26 Å². The molecule has 0 aliphatic rings. The Morgan fingerprint density at radius 3 is 2.75 bits per heavy atom. The van der Waals surface area contributed by atoms with Crippen molar-refractivity contribution >= 4 is 54.9 Å². The molecule has 0 aliphatic carbocycles. The number of halogens is 2. The topological polar surface area (TPSA) is 42.0 Å². The number of aromatic nitrogens is 1. The number of hydrogen-bond donors (Lipinski definition) is 1. The molecule has 1 N–H and O–H groups in total. The summed E-state index contributed by atoms with van der Waals surface area (Å²) in [5, 5.41) is 2.72. The second-order valence-corrected chi connectivity index (χ2v) is 6.13. The Labute approximate surface area is 113 Å². The summed E-state index contributed by atoms with van der Waals surface area (Å²) in [5.74, 6) is 0.392. The number of rotatable bonds is 2. The zero-order chi connectivity index (χ0) is 11.5. The largest absolute Gasteiger partial charge is 0.306 e. The van der Waals surface area contributed by atoms with Crippen LogP contribution < -0.4 is 5.32 Å². The van der Waals surface area contributed by atoms with E-state index in [1.165, 1.54) is 11.3 Å². The highest BCUT2D eigenvalue weighted by atomic mass is 79.9. The van der Waals surface area contributed by atoms with Crippen LogP contribution in [0.15, 0.2) is 38.7 Å². The smallest absolute Gasteiger partial charge is 0.266 e. The number of thiophene rings is 1. The number of hydrogen-bond acceptors (Lipinski definition) is 3. The first-order valence-corrected chi connectivity index (χ1v) is 6.74. The van der Waals surface area contributed by atoms with Crippen molar-refractivity contribution in [3.05, 3.63) is 43.6 Å². The van der Waals surface area contributed by atoms with Crippen molar-refractivity contribution < 1.29 is 4.79 Å². The normalized spacial score (nSPS) is 10.1.